The van der Waals surface area contributed by atoms with E-state index in [9.17, 15) is 75.3 Å². The third kappa shape index (κ3) is 10.8. The van der Waals surface area contributed by atoms with E-state index in [2.05, 4.69) is 51.0 Å². The number of carbonyl (C=O) groups is 4. The molecule has 4 saturated heterocycles. The van der Waals surface area contributed by atoms with Crippen LogP contribution in [0.5, 0.6) is 34.5 Å². The summed E-state index contributed by atoms with van der Waals surface area (Å²) >= 11 is 0. The zero-order valence-corrected chi connectivity index (χ0v) is 69.2. The van der Waals surface area contributed by atoms with Gasteiger partial charge in [0.05, 0.1) is 85.5 Å². The average molecular weight is 1710 g/mol. The minimum absolute atomic E-state index is 0. The van der Waals surface area contributed by atoms with E-state index in [0.717, 1.165) is 113 Å². The number of ether oxygens (including phenoxy) is 6. The molecule has 656 valence electrons. The number of ketones is 4. The number of rotatable bonds is 6. The largest absolute Gasteiger partial charge is 0.759 e. The van der Waals surface area contributed by atoms with Gasteiger partial charge in [0.25, 0.3) is 0 Å². The highest BCUT2D eigenvalue weighted by Crippen LogP contribution is 2.70. The van der Waals surface area contributed by atoms with E-state index in [4.69, 9.17) is 45.9 Å². The van der Waals surface area contributed by atoms with Crippen molar-refractivity contribution in [1.82, 2.24) is 20.0 Å². The van der Waals surface area contributed by atoms with Crippen LogP contribution in [-0.4, -0.2) is 268 Å². The second kappa shape index (κ2) is 29.1. The Hall–Kier alpha value is -8.36. The highest BCUT2D eigenvalue weighted by atomic mass is 32.3. The maximum Gasteiger partial charge on any atom is 0.196 e. The van der Waals surface area contributed by atoms with E-state index >= 15 is 0 Å². The molecule has 22 atom stereocenters. The number of benzene rings is 5. The van der Waals surface area contributed by atoms with Crippen LogP contribution in [-0.2, 0) is 115 Å². The van der Waals surface area contributed by atoms with Gasteiger partial charge in [-0.05, 0) is 181 Å². The Balaban J connectivity index is 0.000000103. The molecule has 0 radical (unpaired) electrons. The maximum atomic E-state index is 12.7. The number of quaternary nitrogens is 1. The number of nitrogens with zero attached hydrogens (tertiary/aromatic N) is 3. The van der Waals surface area contributed by atoms with Crippen molar-refractivity contribution in [2.75, 3.05) is 61.0 Å². The fourth-order valence-corrected chi connectivity index (χ4v) is 27.3. The summed E-state index contributed by atoms with van der Waals surface area (Å²) in [5, 5.41) is 120. The van der Waals surface area contributed by atoms with Crippen LogP contribution in [0.25, 0.3) is 0 Å². The van der Waals surface area contributed by atoms with E-state index in [0.29, 0.717) is 96.4 Å². The molecule has 9 heterocycles. The first-order valence-electron chi connectivity index (χ1n) is 42.0. The summed E-state index contributed by atoms with van der Waals surface area (Å²) in [4.78, 5) is 57.0. The Kier molecular flexibility index (Phi) is 20.2. The molecule has 5 spiro atoms. The Morgan fingerprint density at radius 1 is 0.504 bits per heavy atom. The summed E-state index contributed by atoms with van der Waals surface area (Å²) in [5.41, 5.74) is 11.7. The van der Waals surface area contributed by atoms with Crippen LogP contribution in [0.1, 0.15) is 137 Å². The molecule has 9 aliphatic heterocycles. The summed E-state index contributed by atoms with van der Waals surface area (Å²) in [6.07, 6.45) is 13.2. The molecule has 30 nitrogen and oxygen atoms in total. The highest BCUT2D eigenvalue weighted by Gasteiger charge is 2.79. The Morgan fingerprint density at radius 2 is 0.927 bits per heavy atom. The molecular weight excluding hydrogens is 1610 g/mol. The van der Waals surface area contributed by atoms with Crippen LogP contribution in [0.2, 0.25) is 0 Å². The maximum absolute atomic E-state index is 12.7. The number of aliphatic hydroxyl groups excluding tert-OH is 7. The number of carbonyl (C=O) groups excluding carboxylic acids is 4. The lowest BCUT2D eigenvalue weighted by Crippen LogP contribution is -2.80. The topological polar surface area (TPSA) is 476 Å². The van der Waals surface area contributed by atoms with Crippen LogP contribution in [0.4, 0.5) is 0 Å². The summed E-state index contributed by atoms with van der Waals surface area (Å²) < 4.78 is 70.2. The van der Waals surface area contributed by atoms with Crippen molar-refractivity contribution in [3.63, 3.8) is 0 Å². The number of hydrogen-bond donors (Lipinski definition) is 13. The number of likely N-dealkylation sites (tertiary alicyclic amines) is 3. The van der Waals surface area contributed by atoms with Crippen LogP contribution < -0.4 is 39.5 Å². The van der Waals surface area contributed by atoms with Gasteiger partial charge < -0.3 is 115 Å². The Labute approximate surface area is 711 Å². The molecule has 31 heteroatoms. The molecule has 1 unspecified atom stereocenters. The third-order valence-corrected chi connectivity index (χ3v) is 32.5. The van der Waals surface area contributed by atoms with Crippen LogP contribution in [0.15, 0.2) is 108 Å². The molecule has 123 heavy (non-hydrogen) atoms. The van der Waals surface area contributed by atoms with Gasteiger partial charge in [0.1, 0.15) is 51.5 Å². The second-order valence-electron chi connectivity index (χ2n) is 37.0. The number of nitrogens with one attached hydrogen (secondary N) is 1. The number of Topliss-reactive ketones (excluding diaryl/α,β-unsaturated/α-hetero) is 2. The van der Waals surface area contributed by atoms with E-state index in [-0.39, 0.29) is 125 Å². The van der Waals surface area contributed by atoms with Gasteiger partial charge in [-0.15, -0.1) is 0 Å². The first kappa shape index (κ1) is 85.4. The first-order valence-corrected chi connectivity index (χ1v) is 43.3. The zero-order valence-electron chi connectivity index (χ0n) is 68.4. The standard InChI is InChI=1S/C19H21NO3.2C18H21NO5.C18H19NO4.C17H17NO4.CH4.CH3.H2O4S/c1-20-7-6-19-14-5-4-13(10-22)18(19)23-17-12(9-21)3-2-11(16(17)19)8-15(14)20;2*1-19-5-4-17-14-9-2-3-10(8-20)15(14)24-16(17)11(21)7-13(22)18(17,23)12(19)6-9;1-22-13-3-2-9-8-10-11(19)4-6-17-14(9)15(13)23-16(17)12(20)5-7-18(10,17)21;19-8-10-2-1-9-7-12-17(21)4-3-11(20)15-16(17,5-6-18-12)13(9)14(10)22-15;;;1-5(2,3)4/h2-5,15,18,21-22H,6-10H2,1H3;2*2-3,12-13,16,20,22-23H,4-8H2,1H3;2-3,5,7,10-11,16,21H,4,6,8,19H2,1H3;1-4,12,15,18-19,21H,5-8H2;1H4;1H3;(H2,1,2,3,4)/q;;;;;;+1;/p-1/t15-,18+,19+;12-,13+,16+,17+,18+;12-,13-,16+,17+,18+;10-,11?,16-,17-,18+;12-,15+,16+,17-;;;/m11101.../s1. The second-order valence-corrected chi connectivity index (χ2v) is 37.8. The van der Waals surface area contributed by atoms with Crippen LogP contribution >= 0.6 is 0 Å². The molecular formula is C92H107N5O25S. The summed E-state index contributed by atoms with van der Waals surface area (Å²) in [6.45, 7) is 2.77. The van der Waals surface area contributed by atoms with Crippen LogP contribution in [0.3, 0.4) is 0 Å². The first-order chi connectivity index (χ1) is 57.7. The number of allylic oxidation sites excluding steroid dienone is 2. The molecule has 0 aromatic heterocycles. The van der Waals surface area contributed by atoms with Gasteiger partial charge in [-0.2, -0.15) is 0 Å². The van der Waals surface area contributed by atoms with Crippen molar-refractivity contribution in [2.24, 2.45) is 5.92 Å². The number of likely N-dealkylation sites (N-methyl/N-ethyl adjacent to an activating group) is 3. The lowest BCUT2D eigenvalue weighted by Gasteiger charge is -2.63. The van der Waals surface area contributed by atoms with Gasteiger partial charge >= 0.3 is 0 Å². The fourth-order valence-electron chi connectivity index (χ4n) is 27.3. The Bertz CT molecular complexity index is 5450. The molecule has 20 aliphatic rings. The van der Waals surface area contributed by atoms with Crippen molar-refractivity contribution >= 4 is 33.5 Å². The van der Waals surface area contributed by atoms with E-state index < -0.39 is 91.1 Å². The molecule has 0 amide bonds. The fraction of sp³-hybridized carbons (Fsp3) is 0.533. The predicted octanol–water partition coefficient (Wildman–Crippen LogP) is 0.157. The third-order valence-electron chi connectivity index (χ3n) is 32.5. The zero-order chi connectivity index (χ0) is 85.1. The van der Waals surface area contributed by atoms with Crippen molar-refractivity contribution in [3.05, 3.63) is 194 Å². The van der Waals surface area contributed by atoms with Crippen molar-refractivity contribution in [1.29, 1.82) is 0 Å². The SMILES string of the molecule is C.CN1CC[C@@]23C4=CC=C(CO)[C@@H]2Oc2c(CO)ccc(c23)C[C@H]41.CN1CC[C@]23c4c5ccc(CO)c4O[C@H]2C(=O)C[C@@H](O)[C@@]3(O)[C@H]1C5.CN1CC[C@]23c4c5ccc(CO)c4O[C@H]2C(=O)C[C@H](O)[C@@]3(O)[C@H]1C5.COc1ccc2c3c1O[C@H]1C(=O)C=C[C@@]4(O)[C@@H](C2)C([NH3+])CC[C@]314.O=C1C=C[C@@]2(O)[C@H]3Cc4ccc(CO)c5c4[C@@]2(CCN3)[C@H]1O5.O=S(=O)([O-])[O-].[CH3+]. The van der Waals surface area contributed by atoms with Crippen LogP contribution in [0, 0.1) is 13.3 Å². The number of aliphatic hydroxyl groups is 11. The molecule has 11 aliphatic carbocycles. The van der Waals surface area contributed by atoms with E-state index in [1.807, 2.05) is 68.7 Å². The van der Waals surface area contributed by atoms with Gasteiger partial charge in [0, 0.05) is 117 Å². The quantitative estimate of drug-likeness (QED) is 0.0611. The summed E-state index contributed by atoms with van der Waals surface area (Å²) in [6, 6.07) is 19.5. The normalized spacial score (nSPS) is 38.5. The highest BCUT2D eigenvalue weighted by molar-refractivity contribution is 7.79. The lowest BCUT2D eigenvalue weighted by molar-refractivity contribution is -0.452. The number of methoxy groups -OCH3 is 1. The van der Waals surface area contributed by atoms with Gasteiger partial charge in [-0.1, -0.05) is 74.2 Å². The van der Waals surface area contributed by atoms with Crippen molar-refractivity contribution in [2.45, 2.75) is 240 Å². The molecule has 25 rings (SSSR count). The smallest absolute Gasteiger partial charge is 0.196 e. The van der Waals surface area contributed by atoms with Gasteiger partial charge in [-0.3, -0.25) is 32.5 Å². The van der Waals surface area contributed by atoms with Gasteiger partial charge in [-0.25, -0.2) is 0 Å². The van der Waals surface area contributed by atoms with E-state index in [1.54, 1.807) is 19.3 Å². The molecule has 10 bridgehead atoms. The molecule has 3 saturated carbocycles. The van der Waals surface area contributed by atoms with E-state index in [1.165, 1.54) is 28.9 Å². The van der Waals surface area contributed by atoms with Gasteiger partial charge in [0.2, 0.25) is 0 Å². The molecule has 5 aromatic rings. The predicted molar refractivity (Wildman–Crippen MR) is 437 cm³/mol. The lowest BCUT2D eigenvalue weighted by atomic mass is 9.46. The molecule has 15 N–H and O–H groups in total. The summed E-state index contributed by atoms with van der Waals surface area (Å²) in [5.74, 6) is 3.37. The molecule has 5 aromatic carbocycles. The number of piperidine rings is 4. The minimum atomic E-state index is -5.17. The Morgan fingerprint density at radius 3 is 1.43 bits per heavy atom. The minimum Gasteiger partial charge on any atom is -0.759 e. The summed E-state index contributed by atoms with van der Waals surface area (Å²) in [7, 11) is 2.54. The molecule has 7 fully saturated rings. The van der Waals surface area contributed by atoms with Gasteiger partial charge in [0.15, 0.2) is 59.0 Å². The number of hydrogen-bond acceptors (Lipinski definition) is 29. The van der Waals surface area contributed by atoms with Crippen molar-refractivity contribution < 1.29 is 127 Å². The van der Waals surface area contributed by atoms with Crippen molar-refractivity contribution in [3.8, 4) is 34.5 Å². The monoisotopic (exact) mass is 1710 g/mol. The average Bonchev–Trinajstić information content (AvgIpc) is 1.39.